The Hall–Kier alpha value is -2.16. The van der Waals surface area contributed by atoms with Gasteiger partial charge in [0, 0.05) is 11.7 Å². The van der Waals surface area contributed by atoms with Gasteiger partial charge in [0.2, 0.25) is 0 Å². The lowest BCUT2D eigenvalue weighted by molar-refractivity contribution is 0.474. The van der Waals surface area contributed by atoms with Crippen molar-refractivity contribution >= 4 is 5.69 Å². The molecule has 3 heteroatoms. The van der Waals surface area contributed by atoms with E-state index in [1.807, 2.05) is 24.3 Å². The van der Waals surface area contributed by atoms with Crippen LogP contribution in [-0.4, -0.2) is 16.3 Å². The first-order valence-corrected chi connectivity index (χ1v) is 6.47. The summed E-state index contributed by atoms with van der Waals surface area (Å²) in [5, 5.41) is 21.8. The van der Waals surface area contributed by atoms with E-state index in [4.69, 9.17) is 0 Å². The van der Waals surface area contributed by atoms with Crippen LogP contribution in [0.4, 0.5) is 5.69 Å². The maximum absolute atomic E-state index is 9.22. The van der Waals surface area contributed by atoms with Crippen LogP contribution in [0.15, 0.2) is 48.5 Å². The van der Waals surface area contributed by atoms with Crippen LogP contribution >= 0.6 is 0 Å². The van der Waals surface area contributed by atoms with Crippen molar-refractivity contribution in [3.05, 3.63) is 54.1 Å². The second-order valence-corrected chi connectivity index (χ2v) is 4.80. The van der Waals surface area contributed by atoms with Crippen molar-refractivity contribution in [3.8, 4) is 11.5 Å². The molecule has 0 aromatic heterocycles. The number of nitrogens with one attached hydrogen (secondary N) is 1. The van der Waals surface area contributed by atoms with Crippen LogP contribution in [0.5, 0.6) is 11.5 Å². The van der Waals surface area contributed by atoms with Gasteiger partial charge in [0.15, 0.2) is 0 Å². The number of anilines is 1. The van der Waals surface area contributed by atoms with Gasteiger partial charge in [0.1, 0.15) is 11.5 Å². The second kappa shape index (κ2) is 6.14. The highest BCUT2D eigenvalue weighted by Crippen LogP contribution is 2.16. The number of hydrogen-bond acceptors (Lipinski definition) is 3. The predicted octanol–water partition coefficient (Wildman–Crippen LogP) is 3.53. The van der Waals surface area contributed by atoms with Gasteiger partial charge >= 0.3 is 0 Å². The molecule has 3 nitrogen and oxygen atoms in total. The third-order valence-corrected chi connectivity index (χ3v) is 3.08. The van der Waals surface area contributed by atoms with Crippen molar-refractivity contribution in [2.24, 2.45) is 0 Å². The molecule has 0 fully saturated rings. The van der Waals surface area contributed by atoms with E-state index in [9.17, 15) is 10.2 Å². The zero-order chi connectivity index (χ0) is 13.7. The van der Waals surface area contributed by atoms with E-state index in [1.54, 1.807) is 24.3 Å². The molecule has 2 rings (SSSR count). The van der Waals surface area contributed by atoms with Crippen molar-refractivity contribution in [3.63, 3.8) is 0 Å². The van der Waals surface area contributed by atoms with Crippen LogP contribution in [0.2, 0.25) is 0 Å². The Bertz CT molecular complexity index is 505. The third kappa shape index (κ3) is 4.21. The topological polar surface area (TPSA) is 52.5 Å². The first-order chi connectivity index (χ1) is 9.13. The normalized spacial score (nSPS) is 12.1. The van der Waals surface area contributed by atoms with Crippen molar-refractivity contribution in [2.75, 3.05) is 5.32 Å². The van der Waals surface area contributed by atoms with Crippen LogP contribution in [0.1, 0.15) is 18.9 Å². The lowest BCUT2D eigenvalue weighted by Gasteiger charge is -2.15. The standard InChI is InChI=1S/C16H19NO2/c1-12(17-14-6-10-16(19)11-7-14)2-3-13-4-8-15(18)9-5-13/h4-12,17-19H,2-3H2,1H3. The Balaban J connectivity index is 1.82. The molecule has 19 heavy (non-hydrogen) atoms. The minimum absolute atomic E-state index is 0.280. The molecule has 0 saturated carbocycles. The summed E-state index contributed by atoms with van der Waals surface area (Å²) in [5.41, 5.74) is 2.23. The monoisotopic (exact) mass is 257 g/mol. The fourth-order valence-corrected chi connectivity index (χ4v) is 1.96. The Kier molecular flexibility index (Phi) is 4.29. The van der Waals surface area contributed by atoms with Crippen molar-refractivity contribution in [1.29, 1.82) is 0 Å². The molecule has 1 atom stereocenters. The number of aryl methyl sites for hydroxylation is 1. The molecular formula is C16H19NO2. The molecule has 100 valence electrons. The van der Waals surface area contributed by atoms with Crippen molar-refractivity contribution in [2.45, 2.75) is 25.8 Å². The van der Waals surface area contributed by atoms with Gasteiger partial charge in [-0.3, -0.25) is 0 Å². The molecule has 0 heterocycles. The van der Waals surface area contributed by atoms with Gasteiger partial charge in [-0.25, -0.2) is 0 Å². The number of phenols is 2. The largest absolute Gasteiger partial charge is 0.508 e. The van der Waals surface area contributed by atoms with Crippen LogP contribution in [0.3, 0.4) is 0 Å². The van der Waals surface area contributed by atoms with E-state index in [2.05, 4.69) is 12.2 Å². The minimum atomic E-state index is 0.280. The molecule has 0 aliphatic heterocycles. The summed E-state index contributed by atoms with van der Waals surface area (Å²) < 4.78 is 0. The summed E-state index contributed by atoms with van der Waals surface area (Å²) in [6.45, 7) is 2.13. The quantitative estimate of drug-likeness (QED) is 0.718. The second-order valence-electron chi connectivity index (χ2n) is 4.80. The zero-order valence-electron chi connectivity index (χ0n) is 11.0. The molecule has 0 aliphatic carbocycles. The molecule has 0 saturated heterocycles. The molecule has 0 amide bonds. The van der Waals surface area contributed by atoms with Crippen molar-refractivity contribution < 1.29 is 10.2 Å². The van der Waals surface area contributed by atoms with E-state index in [0.717, 1.165) is 18.5 Å². The van der Waals surface area contributed by atoms with E-state index in [-0.39, 0.29) is 5.75 Å². The van der Waals surface area contributed by atoms with Gasteiger partial charge in [-0.1, -0.05) is 12.1 Å². The zero-order valence-corrected chi connectivity index (χ0v) is 11.0. The summed E-state index contributed by atoms with van der Waals surface area (Å²) in [6.07, 6.45) is 1.97. The van der Waals surface area contributed by atoms with Crippen LogP contribution in [-0.2, 0) is 6.42 Å². The summed E-state index contributed by atoms with van der Waals surface area (Å²) in [5.74, 6) is 0.585. The Morgan fingerprint density at radius 2 is 1.42 bits per heavy atom. The van der Waals surface area contributed by atoms with Crippen LogP contribution in [0, 0.1) is 0 Å². The van der Waals surface area contributed by atoms with Crippen LogP contribution < -0.4 is 5.32 Å². The molecular weight excluding hydrogens is 238 g/mol. The van der Waals surface area contributed by atoms with E-state index < -0.39 is 0 Å². The SMILES string of the molecule is CC(CCc1ccc(O)cc1)Nc1ccc(O)cc1. The third-order valence-electron chi connectivity index (χ3n) is 3.08. The summed E-state index contributed by atoms with van der Waals surface area (Å²) in [6, 6.07) is 14.8. The Labute approximate surface area is 113 Å². The Morgan fingerprint density at radius 1 is 0.895 bits per heavy atom. The summed E-state index contributed by atoms with van der Waals surface area (Å²) in [7, 11) is 0. The minimum Gasteiger partial charge on any atom is -0.508 e. The lowest BCUT2D eigenvalue weighted by atomic mass is 10.1. The van der Waals surface area contributed by atoms with Gasteiger partial charge in [0.05, 0.1) is 0 Å². The smallest absolute Gasteiger partial charge is 0.115 e. The van der Waals surface area contributed by atoms with Crippen LogP contribution in [0.25, 0.3) is 0 Å². The molecule has 3 N–H and O–H groups in total. The van der Waals surface area contributed by atoms with E-state index in [0.29, 0.717) is 11.8 Å². The van der Waals surface area contributed by atoms with Gasteiger partial charge in [-0.15, -0.1) is 0 Å². The molecule has 0 radical (unpaired) electrons. The average molecular weight is 257 g/mol. The van der Waals surface area contributed by atoms with Gasteiger partial charge in [-0.2, -0.15) is 0 Å². The molecule has 1 unspecified atom stereocenters. The number of phenolic OH excluding ortho intramolecular Hbond substituents is 2. The van der Waals surface area contributed by atoms with Crippen molar-refractivity contribution in [1.82, 2.24) is 0 Å². The van der Waals surface area contributed by atoms with E-state index >= 15 is 0 Å². The molecule has 2 aromatic rings. The fraction of sp³-hybridized carbons (Fsp3) is 0.250. The van der Waals surface area contributed by atoms with Gasteiger partial charge < -0.3 is 15.5 Å². The maximum Gasteiger partial charge on any atom is 0.115 e. The van der Waals surface area contributed by atoms with Gasteiger partial charge in [0.25, 0.3) is 0 Å². The number of rotatable bonds is 5. The highest BCUT2D eigenvalue weighted by atomic mass is 16.3. The maximum atomic E-state index is 9.22. The van der Waals surface area contributed by atoms with E-state index in [1.165, 1.54) is 5.56 Å². The molecule has 0 spiro atoms. The fourth-order valence-electron chi connectivity index (χ4n) is 1.96. The first-order valence-electron chi connectivity index (χ1n) is 6.47. The number of hydrogen-bond donors (Lipinski definition) is 3. The average Bonchev–Trinajstić information content (AvgIpc) is 2.41. The highest BCUT2D eigenvalue weighted by Gasteiger charge is 2.03. The summed E-state index contributed by atoms with van der Waals surface area (Å²) in [4.78, 5) is 0. The summed E-state index contributed by atoms with van der Waals surface area (Å²) >= 11 is 0. The molecule has 0 bridgehead atoms. The number of benzene rings is 2. The highest BCUT2D eigenvalue weighted by molar-refractivity contribution is 5.46. The van der Waals surface area contributed by atoms with Gasteiger partial charge in [-0.05, 0) is 61.7 Å². The number of aromatic hydroxyl groups is 2. The Morgan fingerprint density at radius 3 is 2.00 bits per heavy atom. The predicted molar refractivity (Wildman–Crippen MR) is 77.6 cm³/mol. The first kappa shape index (κ1) is 13.3. The lowest BCUT2D eigenvalue weighted by Crippen LogP contribution is -2.15. The molecule has 0 aliphatic rings. The molecule has 2 aromatic carbocycles.